The molecule has 0 bridgehead atoms. The fourth-order valence-corrected chi connectivity index (χ4v) is 3.50. The predicted octanol–water partition coefficient (Wildman–Crippen LogP) is 3.25. The average molecular weight is 389 g/mol. The SMILES string of the molecule is C[C@]1(Cl)C(=O)O[C@@H](COC(=O)c2ccccc2)[C@H]1c1ccccc1C(=O)O. The molecule has 1 saturated heterocycles. The first-order chi connectivity index (χ1) is 12.8. The molecule has 1 heterocycles. The summed E-state index contributed by atoms with van der Waals surface area (Å²) in [5.41, 5.74) is 0.735. The molecule has 1 aliphatic heterocycles. The molecular formula is C20H17ClO6. The van der Waals surface area contributed by atoms with Gasteiger partial charge in [0.05, 0.1) is 17.0 Å². The quantitative estimate of drug-likeness (QED) is 0.624. The van der Waals surface area contributed by atoms with E-state index in [9.17, 15) is 19.5 Å². The van der Waals surface area contributed by atoms with Crippen molar-refractivity contribution in [3.05, 3.63) is 71.3 Å². The van der Waals surface area contributed by atoms with Crippen LogP contribution in [-0.2, 0) is 14.3 Å². The molecule has 0 amide bonds. The number of carbonyl (C=O) groups is 3. The highest BCUT2D eigenvalue weighted by molar-refractivity contribution is 6.35. The molecule has 0 saturated carbocycles. The number of rotatable bonds is 5. The molecule has 1 fully saturated rings. The standard InChI is InChI=1S/C20H17ClO6/c1-20(21)16(13-9-5-6-10-14(13)17(22)23)15(27-19(20)25)11-26-18(24)12-7-3-2-4-8-12/h2-10,15-16H,11H2,1H3,(H,22,23)/t15-,16+,20+/m0/s1. The van der Waals surface area contributed by atoms with E-state index in [1.165, 1.54) is 13.0 Å². The molecule has 2 aromatic rings. The van der Waals surface area contributed by atoms with Crippen molar-refractivity contribution in [2.75, 3.05) is 6.61 Å². The van der Waals surface area contributed by atoms with E-state index in [0.717, 1.165) is 0 Å². The number of halogens is 1. The second kappa shape index (κ2) is 7.40. The lowest BCUT2D eigenvalue weighted by molar-refractivity contribution is -0.144. The maximum atomic E-state index is 12.2. The van der Waals surface area contributed by atoms with Crippen molar-refractivity contribution in [3.8, 4) is 0 Å². The Morgan fingerprint density at radius 1 is 1.15 bits per heavy atom. The van der Waals surface area contributed by atoms with Crippen LogP contribution in [0.5, 0.6) is 0 Å². The summed E-state index contributed by atoms with van der Waals surface area (Å²) < 4.78 is 10.6. The maximum Gasteiger partial charge on any atom is 0.338 e. The van der Waals surface area contributed by atoms with E-state index in [0.29, 0.717) is 11.1 Å². The van der Waals surface area contributed by atoms with Crippen molar-refractivity contribution in [1.82, 2.24) is 0 Å². The van der Waals surface area contributed by atoms with Crippen LogP contribution in [0.4, 0.5) is 0 Å². The highest BCUT2D eigenvalue weighted by Crippen LogP contribution is 2.45. The topological polar surface area (TPSA) is 89.9 Å². The van der Waals surface area contributed by atoms with Crippen molar-refractivity contribution in [2.24, 2.45) is 0 Å². The molecule has 1 N–H and O–H groups in total. The monoisotopic (exact) mass is 388 g/mol. The molecule has 2 aromatic carbocycles. The van der Waals surface area contributed by atoms with Crippen LogP contribution in [0.25, 0.3) is 0 Å². The van der Waals surface area contributed by atoms with Crippen LogP contribution in [0.3, 0.4) is 0 Å². The number of carboxylic acids is 1. The van der Waals surface area contributed by atoms with Crippen LogP contribution < -0.4 is 0 Å². The summed E-state index contributed by atoms with van der Waals surface area (Å²) in [6, 6.07) is 14.6. The molecule has 3 rings (SSSR count). The minimum atomic E-state index is -1.48. The average Bonchev–Trinajstić information content (AvgIpc) is 2.89. The van der Waals surface area contributed by atoms with Crippen LogP contribution in [0.15, 0.2) is 54.6 Å². The number of hydrogen-bond donors (Lipinski definition) is 1. The number of cyclic esters (lactones) is 1. The van der Waals surface area contributed by atoms with Gasteiger partial charge in [0.1, 0.15) is 17.6 Å². The van der Waals surface area contributed by atoms with Gasteiger partial charge in [-0.3, -0.25) is 4.79 Å². The van der Waals surface area contributed by atoms with E-state index in [2.05, 4.69) is 0 Å². The lowest BCUT2D eigenvalue weighted by Gasteiger charge is -2.25. The number of benzene rings is 2. The Morgan fingerprint density at radius 3 is 2.44 bits per heavy atom. The Labute approximate surface area is 160 Å². The Bertz CT molecular complexity index is 877. The van der Waals surface area contributed by atoms with Gasteiger partial charge in [-0.15, -0.1) is 11.6 Å². The first-order valence-corrected chi connectivity index (χ1v) is 8.64. The van der Waals surface area contributed by atoms with Gasteiger partial charge in [0, 0.05) is 0 Å². The van der Waals surface area contributed by atoms with Crippen LogP contribution in [0, 0.1) is 0 Å². The molecule has 27 heavy (non-hydrogen) atoms. The molecule has 0 aliphatic carbocycles. The second-order valence-corrected chi connectivity index (χ2v) is 7.14. The largest absolute Gasteiger partial charge is 0.478 e. The van der Waals surface area contributed by atoms with Crippen molar-refractivity contribution in [2.45, 2.75) is 23.8 Å². The van der Waals surface area contributed by atoms with Crippen LogP contribution >= 0.6 is 11.6 Å². The zero-order valence-electron chi connectivity index (χ0n) is 14.4. The summed E-state index contributed by atoms with van der Waals surface area (Å²) in [5, 5.41) is 9.46. The Morgan fingerprint density at radius 2 is 1.78 bits per heavy atom. The minimum Gasteiger partial charge on any atom is -0.478 e. The first-order valence-electron chi connectivity index (χ1n) is 8.26. The number of hydrogen-bond acceptors (Lipinski definition) is 5. The van der Waals surface area contributed by atoms with Crippen LogP contribution in [0.2, 0.25) is 0 Å². The third-order valence-corrected chi connectivity index (χ3v) is 4.92. The zero-order valence-corrected chi connectivity index (χ0v) is 15.2. The number of carboxylic acid groups (broad SMARTS) is 1. The fourth-order valence-electron chi connectivity index (χ4n) is 3.20. The predicted molar refractivity (Wildman–Crippen MR) is 97.0 cm³/mol. The van der Waals surface area contributed by atoms with E-state index in [1.807, 2.05) is 0 Å². The number of alkyl halides is 1. The van der Waals surface area contributed by atoms with Gasteiger partial charge in [-0.1, -0.05) is 36.4 Å². The molecule has 6 nitrogen and oxygen atoms in total. The number of aromatic carboxylic acids is 1. The maximum absolute atomic E-state index is 12.2. The molecule has 0 radical (unpaired) electrons. The molecule has 1 aliphatic rings. The Kier molecular flexibility index (Phi) is 5.19. The smallest absolute Gasteiger partial charge is 0.338 e. The fraction of sp³-hybridized carbons (Fsp3) is 0.250. The highest BCUT2D eigenvalue weighted by atomic mass is 35.5. The summed E-state index contributed by atoms with van der Waals surface area (Å²) in [6.07, 6.45) is -0.895. The van der Waals surface area contributed by atoms with Gasteiger partial charge < -0.3 is 14.6 Å². The van der Waals surface area contributed by atoms with E-state index >= 15 is 0 Å². The Hall–Kier alpha value is -2.86. The first kappa shape index (κ1) is 18.9. The van der Waals surface area contributed by atoms with Crippen LogP contribution in [0.1, 0.15) is 39.1 Å². The molecule has 0 unspecified atom stereocenters. The van der Waals surface area contributed by atoms with Gasteiger partial charge >= 0.3 is 17.9 Å². The third-order valence-electron chi connectivity index (χ3n) is 4.53. The van der Waals surface area contributed by atoms with Gasteiger partial charge in [0.2, 0.25) is 0 Å². The molecular weight excluding hydrogens is 372 g/mol. The molecule has 0 spiro atoms. The lowest BCUT2D eigenvalue weighted by Crippen LogP contribution is -2.34. The summed E-state index contributed by atoms with van der Waals surface area (Å²) >= 11 is 6.41. The van der Waals surface area contributed by atoms with Crippen molar-refractivity contribution in [1.29, 1.82) is 0 Å². The van der Waals surface area contributed by atoms with Gasteiger partial charge in [0.25, 0.3) is 0 Å². The minimum absolute atomic E-state index is 0.0204. The lowest BCUT2D eigenvalue weighted by atomic mass is 9.82. The van der Waals surface area contributed by atoms with E-state index in [4.69, 9.17) is 21.1 Å². The van der Waals surface area contributed by atoms with Crippen molar-refractivity contribution < 1.29 is 29.0 Å². The zero-order chi connectivity index (χ0) is 19.6. The van der Waals surface area contributed by atoms with E-state index < -0.39 is 34.8 Å². The van der Waals surface area contributed by atoms with Crippen molar-refractivity contribution in [3.63, 3.8) is 0 Å². The summed E-state index contributed by atoms with van der Waals surface area (Å²) in [5.74, 6) is -3.19. The number of esters is 2. The van der Waals surface area contributed by atoms with Crippen LogP contribution in [-0.4, -0.2) is 40.6 Å². The summed E-state index contributed by atoms with van der Waals surface area (Å²) in [4.78, 5) is 34.5. The molecule has 7 heteroatoms. The molecule has 3 atom stereocenters. The third kappa shape index (κ3) is 3.66. The molecule has 140 valence electrons. The molecule has 0 aromatic heterocycles. The summed E-state index contributed by atoms with van der Waals surface area (Å²) in [6.45, 7) is 1.24. The number of carbonyl (C=O) groups excluding carboxylic acids is 2. The van der Waals surface area contributed by atoms with E-state index in [1.54, 1.807) is 48.5 Å². The highest BCUT2D eigenvalue weighted by Gasteiger charge is 2.55. The second-order valence-electron chi connectivity index (χ2n) is 6.35. The number of ether oxygens (including phenoxy) is 2. The van der Waals surface area contributed by atoms with Gasteiger partial charge in [-0.05, 0) is 30.7 Å². The van der Waals surface area contributed by atoms with Crippen molar-refractivity contribution >= 4 is 29.5 Å². The van der Waals surface area contributed by atoms with Gasteiger partial charge in [0.15, 0.2) is 0 Å². The van der Waals surface area contributed by atoms with Gasteiger partial charge in [-0.2, -0.15) is 0 Å². The normalized spacial score (nSPS) is 24.3. The van der Waals surface area contributed by atoms with E-state index in [-0.39, 0.29) is 12.2 Å². The summed E-state index contributed by atoms with van der Waals surface area (Å²) in [7, 11) is 0. The van der Waals surface area contributed by atoms with Gasteiger partial charge in [-0.25, -0.2) is 9.59 Å². The Balaban J connectivity index is 1.87.